The Morgan fingerprint density at radius 1 is 0.939 bits per heavy atom. The van der Waals surface area contributed by atoms with Gasteiger partial charge in [0, 0.05) is 12.1 Å². The van der Waals surface area contributed by atoms with Crippen LogP contribution in [-0.4, -0.2) is 43.0 Å². The number of anilines is 1. The highest BCUT2D eigenvalue weighted by atomic mass is 32.1. The number of rotatable bonds is 8. The molecular weight excluding hydrogens is 430 g/mol. The second-order valence-electron chi connectivity index (χ2n) is 8.48. The predicted molar refractivity (Wildman–Crippen MR) is 137 cm³/mol. The first-order valence-electron chi connectivity index (χ1n) is 11.1. The van der Waals surface area contributed by atoms with Gasteiger partial charge >= 0.3 is 0 Å². The number of fused-ring (bicyclic) bond motifs is 1. The van der Waals surface area contributed by atoms with E-state index in [1.807, 2.05) is 67.5 Å². The lowest BCUT2D eigenvalue weighted by Crippen LogP contribution is -2.33. The van der Waals surface area contributed by atoms with E-state index < -0.39 is 0 Å². The minimum Gasteiger partial charge on any atom is -0.457 e. The summed E-state index contributed by atoms with van der Waals surface area (Å²) in [5.41, 5.74) is 3.89. The molecule has 0 unspecified atom stereocenters. The van der Waals surface area contributed by atoms with Crippen LogP contribution in [0.25, 0.3) is 10.2 Å². The van der Waals surface area contributed by atoms with Crippen molar-refractivity contribution in [3.8, 4) is 11.5 Å². The SMILES string of the molecule is Cc1cc(C)c2sc(N(CCCN(C)C)C(=O)c3cccc(Oc4ccccc4)c3)nc2c1. The van der Waals surface area contributed by atoms with Gasteiger partial charge in [0.2, 0.25) is 0 Å². The average molecular weight is 460 g/mol. The van der Waals surface area contributed by atoms with E-state index in [4.69, 9.17) is 9.72 Å². The van der Waals surface area contributed by atoms with Gasteiger partial charge in [-0.1, -0.05) is 41.7 Å². The number of carbonyl (C=O) groups is 1. The molecule has 0 saturated heterocycles. The fourth-order valence-corrected chi connectivity index (χ4v) is 4.82. The molecule has 4 aromatic rings. The number of amides is 1. The van der Waals surface area contributed by atoms with Gasteiger partial charge in [-0.3, -0.25) is 9.69 Å². The van der Waals surface area contributed by atoms with Crippen LogP contribution in [0.4, 0.5) is 5.13 Å². The maximum Gasteiger partial charge on any atom is 0.260 e. The number of carbonyl (C=O) groups excluding carboxylic acids is 1. The maximum atomic E-state index is 13.7. The van der Waals surface area contributed by atoms with Crippen LogP contribution in [0.1, 0.15) is 27.9 Å². The second kappa shape index (κ2) is 10.1. The van der Waals surface area contributed by atoms with Gasteiger partial charge in [0.15, 0.2) is 5.13 Å². The Morgan fingerprint density at radius 3 is 2.45 bits per heavy atom. The number of thiazole rings is 1. The van der Waals surface area contributed by atoms with Crippen LogP contribution in [0.5, 0.6) is 11.5 Å². The first-order chi connectivity index (χ1) is 15.9. The third-order valence-corrected chi connectivity index (χ3v) is 6.56. The molecule has 0 spiro atoms. The van der Waals surface area contributed by atoms with Crippen LogP contribution in [-0.2, 0) is 0 Å². The van der Waals surface area contributed by atoms with Gasteiger partial charge in [-0.25, -0.2) is 4.98 Å². The highest BCUT2D eigenvalue weighted by Gasteiger charge is 2.22. The van der Waals surface area contributed by atoms with Gasteiger partial charge in [0.25, 0.3) is 5.91 Å². The molecule has 0 atom stereocenters. The Kier molecular flexibility index (Phi) is 7.06. The Morgan fingerprint density at radius 2 is 1.70 bits per heavy atom. The summed E-state index contributed by atoms with van der Waals surface area (Å²) in [6.45, 7) is 5.66. The quantitative estimate of drug-likeness (QED) is 0.310. The summed E-state index contributed by atoms with van der Waals surface area (Å²) in [5.74, 6) is 1.30. The molecule has 1 amide bonds. The molecule has 33 heavy (non-hydrogen) atoms. The molecule has 3 aromatic carbocycles. The van der Waals surface area contributed by atoms with E-state index in [0.717, 1.165) is 34.1 Å². The first-order valence-corrected chi connectivity index (χ1v) is 11.9. The van der Waals surface area contributed by atoms with Crippen molar-refractivity contribution < 1.29 is 9.53 Å². The molecular formula is C27H29N3O2S. The van der Waals surface area contributed by atoms with Crippen molar-refractivity contribution in [2.75, 3.05) is 32.1 Å². The molecule has 1 heterocycles. The molecule has 4 rings (SSSR count). The second-order valence-corrected chi connectivity index (χ2v) is 9.46. The van der Waals surface area contributed by atoms with Crippen molar-refractivity contribution in [3.05, 3.63) is 83.4 Å². The number of hydrogen-bond acceptors (Lipinski definition) is 5. The van der Waals surface area contributed by atoms with Crippen molar-refractivity contribution in [2.45, 2.75) is 20.3 Å². The molecule has 0 bridgehead atoms. The Bertz CT molecular complexity index is 1250. The van der Waals surface area contributed by atoms with Gasteiger partial charge in [-0.15, -0.1) is 0 Å². The number of hydrogen-bond donors (Lipinski definition) is 0. The normalized spacial score (nSPS) is 11.2. The van der Waals surface area contributed by atoms with Gasteiger partial charge in [-0.05, 0) is 88.4 Å². The molecule has 0 aliphatic rings. The summed E-state index contributed by atoms with van der Waals surface area (Å²) in [4.78, 5) is 22.5. The summed E-state index contributed by atoms with van der Waals surface area (Å²) in [7, 11) is 4.08. The van der Waals surface area contributed by atoms with E-state index in [0.29, 0.717) is 17.9 Å². The molecule has 0 N–H and O–H groups in total. The molecule has 0 saturated carbocycles. The number of para-hydroxylation sites is 1. The lowest BCUT2D eigenvalue weighted by molar-refractivity contribution is 0.0985. The zero-order chi connectivity index (χ0) is 23.4. The van der Waals surface area contributed by atoms with Gasteiger partial charge < -0.3 is 9.64 Å². The van der Waals surface area contributed by atoms with E-state index in [-0.39, 0.29) is 5.91 Å². The standard InChI is InChI=1S/C27H29N3O2S/c1-19-16-20(2)25-24(17-19)28-27(33-25)30(15-9-14-29(3)4)26(31)21-10-8-13-23(18-21)32-22-11-6-5-7-12-22/h5-8,10-13,16-18H,9,14-15H2,1-4H3. The van der Waals surface area contributed by atoms with E-state index in [9.17, 15) is 4.79 Å². The molecule has 0 radical (unpaired) electrons. The Labute approximate surface area is 199 Å². The van der Waals surface area contributed by atoms with Crippen molar-refractivity contribution >= 4 is 32.6 Å². The lowest BCUT2D eigenvalue weighted by atomic mass is 10.1. The summed E-state index contributed by atoms with van der Waals surface area (Å²) >= 11 is 1.58. The fraction of sp³-hybridized carbons (Fsp3) is 0.259. The third-order valence-electron chi connectivity index (χ3n) is 5.33. The smallest absolute Gasteiger partial charge is 0.260 e. The largest absolute Gasteiger partial charge is 0.457 e. The first kappa shape index (κ1) is 23.0. The maximum absolute atomic E-state index is 13.7. The zero-order valence-electron chi connectivity index (χ0n) is 19.5. The molecule has 0 fully saturated rings. The minimum atomic E-state index is -0.0688. The van der Waals surface area contributed by atoms with Gasteiger partial charge in [0.1, 0.15) is 11.5 Å². The van der Waals surface area contributed by atoms with Gasteiger partial charge in [0.05, 0.1) is 10.2 Å². The molecule has 6 heteroatoms. The number of aryl methyl sites for hydroxylation is 2. The summed E-state index contributed by atoms with van der Waals surface area (Å²) in [5, 5.41) is 0.733. The summed E-state index contributed by atoms with van der Waals surface area (Å²) in [6.07, 6.45) is 0.854. The minimum absolute atomic E-state index is 0.0688. The third kappa shape index (κ3) is 5.59. The molecule has 5 nitrogen and oxygen atoms in total. The average Bonchev–Trinajstić information content (AvgIpc) is 3.21. The number of benzene rings is 3. The molecule has 1 aromatic heterocycles. The van der Waals surface area contributed by atoms with Crippen molar-refractivity contribution in [1.29, 1.82) is 0 Å². The van der Waals surface area contributed by atoms with Crippen molar-refractivity contribution in [1.82, 2.24) is 9.88 Å². The van der Waals surface area contributed by atoms with Crippen LogP contribution in [0.3, 0.4) is 0 Å². The fourth-order valence-electron chi connectivity index (χ4n) is 3.78. The zero-order valence-corrected chi connectivity index (χ0v) is 20.4. The number of nitrogens with zero attached hydrogens (tertiary/aromatic N) is 3. The van der Waals surface area contributed by atoms with Crippen LogP contribution in [0.2, 0.25) is 0 Å². The molecule has 0 aliphatic heterocycles. The van der Waals surface area contributed by atoms with E-state index in [2.05, 4.69) is 30.9 Å². The van der Waals surface area contributed by atoms with E-state index in [1.54, 1.807) is 17.4 Å². The van der Waals surface area contributed by atoms with E-state index in [1.165, 1.54) is 11.1 Å². The topological polar surface area (TPSA) is 45.7 Å². The molecule has 170 valence electrons. The Balaban J connectivity index is 1.65. The van der Waals surface area contributed by atoms with Gasteiger partial charge in [-0.2, -0.15) is 0 Å². The van der Waals surface area contributed by atoms with Crippen LogP contribution < -0.4 is 9.64 Å². The van der Waals surface area contributed by atoms with Crippen molar-refractivity contribution in [3.63, 3.8) is 0 Å². The highest BCUT2D eigenvalue weighted by Crippen LogP contribution is 2.33. The van der Waals surface area contributed by atoms with Crippen LogP contribution in [0.15, 0.2) is 66.7 Å². The summed E-state index contributed by atoms with van der Waals surface area (Å²) in [6, 6.07) is 21.2. The molecule has 0 aliphatic carbocycles. The monoisotopic (exact) mass is 459 g/mol. The van der Waals surface area contributed by atoms with Crippen LogP contribution in [0, 0.1) is 13.8 Å². The van der Waals surface area contributed by atoms with Crippen molar-refractivity contribution in [2.24, 2.45) is 0 Å². The van der Waals surface area contributed by atoms with E-state index >= 15 is 0 Å². The highest BCUT2D eigenvalue weighted by molar-refractivity contribution is 7.22. The number of aromatic nitrogens is 1. The summed E-state index contributed by atoms with van der Waals surface area (Å²) < 4.78 is 7.08. The van der Waals surface area contributed by atoms with Crippen LogP contribution >= 0.6 is 11.3 Å². The predicted octanol–water partition coefficient (Wildman–Crippen LogP) is 6.30. The number of ether oxygens (including phenoxy) is 1. The Hall–Kier alpha value is -3.22. The lowest BCUT2D eigenvalue weighted by Gasteiger charge is -2.21.